The van der Waals surface area contributed by atoms with Gasteiger partial charge in [-0.05, 0) is 13.0 Å². The van der Waals surface area contributed by atoms with Crippen molar-refractivity contribution in [1.29, 1.82) is 0 Å². The molecule has 5 nitrogen and oxygen atoms in total. The molecular formula is C7H9N5S. The highest BCUT2D eigenvalue weighted by Gasteiger charge is 1.99. The Morgan fingerprint density at radius 3 is 3.08 bits per heavy atom. The van der Waals surface area contributed by atoms with Crippen molar-refractivity contribution < 1.29 is 0 Å². The summed E-state index contributed by atoms with van der Waals surface area (Å²) in [4.78, 5) is 0. The smallest absolute Gasteiger partial charge is 0.205 e. The first-order valence-corrected chi connectivity index (χ1v) is 4.68. The number of hydrogen-bond donors (Lipinski definition) is 2. The fourth-order valence-electron chi connectivity index (χ4n) is 0.922. The molecule has 0 spiro atoms. The highest BCUT2D eigenvalue weighted by atomic mass is 32.1. The summed E-state index contributed by atoms with van der Waals surface area (Å²) in [5.74, 6) is 0. The maximum Gasteiger partial charge on any atom is 0.205 e. The van der Waals surface area contributed by atoms with Crippen LogP contribution in [0.3, 0.4) is 0 Å². The van der Waals surface area contributed by atoms with Gasteiger partial charge in [0.2, 0.25) is 5.13 Å². The van der Waals surface area contributed by atoms with E-state index >= 15 is 0 Å². The number of hydrogen-bond acceptors (Lipinski definition) is 5. The number of aromatic nitrogens is 4. The molecule has 2 aromatic rings. The molecule has 0 unspecified atom stereocenters. The van der Waals surface area contributed by atoms with Gasteiger partial charge in [-0.25, -0.2) is 0 Å². The molecule has 2 N–H and O–H groups in total. The molecule has 68 valence electrons. The highest BCUT2D eigenvalue weighted by molar-refractivity contribution is 7.15. The summed E-state index contributed by atoms with van der Waals surface area (Å²) in [5.41, 5.74) is 1.04. The van der Waals surface area contributed by atoms with E-state index in [2.05, 4.69) is 25.7 Å². The van der Waals surface area contributed by atoms with E-state index in [1.807, 2.05) is 13.0 Å². The average Bonchev–Trinajstić information content (AvgIpc) is 2.71. The molecule has 2 rings (SSSR count). The van der Waals surface area contributed by atoms with Crippen LogP contribution in [0.25, 0.3) is 0 Å². The fraction of sp³-hybridized carbons (Fsp3) is 0.286. The molecule has 6 heteroatoms. The molecule has 0 atom stereocenters. The maximum atomic E-state index is 3.94. The van der Waals surface area contributed by atoms with Crippen LogP contribution in [0, 0.1) is 6.92 Å². The SMILES string of the molecule is Cc1nnc(NCc2ccn[nH]2)s1. The molecule has 0 saturated heterocycles. The number of rotatable bonds is 3. The third kappa shape index (κ3) is 2.03. The molecule has 0 amide bonds. The van der Waals surface area contributed by atoms with Gasteiger partial charge in [-0.1, -0.05) is 11.3 Å². The van der Waals surface area contributed by atoms with E-state index in [1.165, 1.54) is 0 Å². The molecule has 0 saturated carbocycles. The maximum absolute atomic E-state index is 3.94. The van der Waals surface area contributed by atoms with Crippen LogP contribution >= 0.6 is 11.3 Å². The van der Waals surface area contributed by atoms with Gasteiger partial charge in [0.05, 0.1) is 12.2 Å². The van der Waals surface area contributed by atoms with Crippen LogP contribution in [0.4, 0.5) is 5.13 Å². The van der Waals surface area contributed by atoms with Gasteiger partial charge in [0, 0.05) is 6.20 Å². The van der Waals surface area contributed by atoms with Crippen molar-refractivity contribution in [2.45, 2.75) is 13.5 Å². The lowest BCUT2D eigenvalue weighted by atomic mass is 10.4. The predicted molar refractivity (Wildman–Crippen MR) is 50.6 cm³/mol. The van der Waals surface area contributed by atoms with Crippen LogP contribution in [0.1, 0.15) is 10.7 Å². The first-order valence-electron chi connectivity index (χ1n) is 3.87. The Hall–Kier alpha value is -1.43. The van der Waals surface area contributed by atoms with Gasteiger partial charge in [-0.15, -0.1) is 10.2 Å². The molecule has 0 aromatic carbocycles. The summed E-state index contributed by atoms with van der Waals surface area (Å²) in [5, 5.41) is 19.5. The van der Waals surface area contributed by atoms with Crippen LogP contribution in [0.15, 0.2) is 12.3 Å². The van der Waals surface area contributed by atoms with Gasteiger partial charge in [0.1, 0.15) is 5.01 Å². The number of nitrogens with zero attached hydrogens (tertiary/aromatic N) is 3. The first kappa shape index (κ1) is 8.18. The van der Waals surface area contributed by atoms with Crippen molar-refractivity contribution in [2.24, 2.45) is 0 Å². The minimum Gasteiger partial charge on any atom is -0.354 e. The predicted octanol–water partition coefficient (Wildman–Crippen LogP) is 1.18. The Morgan fingerprint density at radius 2 is 2.46 bits per heavy atom. The van der Waals surface area contributed by atoms with Crippen molar-refractivity contribution in [3.63, 3.8) is 0 Å². The zero-order valence-corrected chi connectivity index (χ0v) is 7.93. The number of anilines is 1. The summed E-state index contributed by atoms with van der Waals surface area (Å²) in [6.45, 7) is 2.63. The Labute approximate surface area is 79.2 Å². The standard InChI is InChI=1S/C7H9N5S/c1-5-10-12-7(13-5)8-4-6-2-3-9-11-6/h2-3H,4H2,1H3,(H,8,12)(H,9,11). The fourth-order valence-corrected chi connectivity index (χ4v) is 1.51. The summed E-state index contributed by atoms with van der Waals surface area (Å²) < 4.78 is 0. The average molecular weight is 195 g/mol. The zero-order valence-electron chi connectivity index (χ0n) is 7.11. The van der Waals surface area contributed by atoms with Gasteiger partial charge in [-0.3, -0.25) is 5.10 Å². The Kier molecular flexibility index (Phi) is 2.22. The summed E-state index contributed by atoms with van der Waals surface area (Å²) in [7, 11) is 0. The lowest BCUT2D eigenvalue weighted by Crippen LogP contribution is -1.99. The quantitative estimate of drug-likeness (QED) is 0.771. The summed E-state index contributed by atoms with van der Waals surface area (Å²) in [6, 6.07) is 1.92. The third-order valence-corrected chi connectivity index (χ3v) is 2.31. The monoisotopic (exact) mass is 195 g/mol. The zero-order chi connectivity index (χ0) is 9.10. The second kappa shape index (κ2) is 3.53. The molecule has 0 aliphatic carbocycles. The number of aryl methyl sites for hydroxylation is 1. The van der Waals surface area contributed by atoms with Crippen LogP contribution in [-0.2, 0) is 6.54 Å². The third-order valence-electron chi connectivity index (χ3n) is 1.51. The highest BCUT2D eigenvalue weighted by Crippen LogP contribution is 2.13. The topological polar surface area (TPSA) is 66.5 Å². The van der Waals surface area contributed by atoms with E-state index < -0.39 is 0 Å². The number of nitrogens with one attached hydrogen (secondary N) is 2. The van der Waals surface area contributed by atoms with Gasteiger partial charge >= 0.3 is 0 Å². The Balaban J connectivity index is 1.93. The normalized spacial score (nSPS) is 10.2. The molecule has 2 heterocycles. The molecule has 13 heavy (non-hydrogen) atoms. The molecule has 0 aliphatic rings. The van der Waals surface area contributed by atoms with E-state index in [9.17, 15) is 0 Å². The molecule has 0 radical (unpaired) electrons. The lowest BCUT2D eigenvalue weighted by Gasteiger charge is -1.96. The first-order chi connectivity index (χ1) is 6.34. The summed E-state index contributed by atoms with van der Waals surface area (Å²) in [6.07, 6.45) is 1.72. The summed E-state index contributed by atoms with van der Waals surface area (Å²) >= 11 is 1.54. The van der Waals surface area contributed by atoms with E-state index in [-0.39, 0.29) is 0 Å². The Bertz CT molecular complexity index is 366. The molecule has 0 fully saturated rings. The van der Waals surface area contributed by atoms with Gasteiger partial charge < -0.3 is 5.32 Å². The van der Waals surface area contributed by atoms with Crippen molar-refractivity contribution >= 4 is 16.5 Å². The van der Waals surface area contributed by atoms with E-state index in [0.29, 0.717) is 6.54 Å². The van der Waals surface area contributed by atoms with Gasteiger partial charge in [0.15, 0.2) is 0 Å². The van der Waals surface area contributed by atoms with Crippen molar-refractivity contribution in [2.75, 3.05) is 5.32 Å². The number of aromatic amines is 1. The molecule has 0 bridgehead atoms. The Morgan fingerprint density at radius 1 is 1.54 bits per heavy atom. The molecule has 0 aliphatic heterocycles. The molecule has 2 aromatic heterocycles. The minimum absolute atomic E-state index is 0.703. The number of H-pyrrole nitrogens is 1. The second-order valence-electron chi connectivity index (χ2n) is 2.56. The lowest BCUT2D eigenvalue weighted by molar-refractivity contribution is 0.966. The van der Waals surface area contributed by atoms with E-state index in [4.69, 9.17) is 0 Å². The van der Waals surface area contributed by atoms with Gasteiger partial charge in [0.25, 0.3) is 0 Å². The van der Waals surface area contributed by atoms with Crippen LogP contribution in [-0.4, -0.2) is 20.4 Å². The van der Waals surface area contributed by atoms with Crippen LogP contribution in [0.5, 0.6) is 0 Å². The van der Waals surface area contributed by atoms with E-state index in [1.54, 1.807) is 17.5 Å². The van der Waals surface area contributed by atoms with Crippen molar-refractivity contribution in [3.05, 3.63) is 23.0 Å². The van der Waals surface area contributed by atoms with Crippen molar-refractivity contribution in [1.82, 2.24) is 20.4 Å². The largest absolute Gasteiger partial charge is 0.354 e. The van der Waals surface area contributed by atoms with Crippen LogP contribution < -0.4 is 5.32 Å². The van der Waals surface area contributed by atoms with Crippen molar-refractivity contribution in [3.8, 4) is 0 Å². The second-order valence-corrected chi connectivity index (χ2v) is 3.74. The van der Waals surface area contributed by atoms with Gasteiger partial charge in [-0.2, -0.15) is 5.10 Å². The minimum atomic E-state index is 0.703. The molecular weight excluding hydrogens is 186 g/mol. The van der Waals surface area contributed by atoms with Crippen LogP contribution in [0.2, 0.25) is 0 Å². The van der Waals surface area contributed by atoms with E-state index in [0.717, 1.165) is 15.8 Å².